The summed E-state index contributed by atoms with van der Waals surface area (Å²) in [5.74, 6) is -1.87. The Balaban J connectivity index is 2.46. The zero-order chi connectivity index (χ0) is 15.0. The first-order valence-electron chi connectivity index (χ1n) is 6.22. The summed E-state index contributed by atoms with van der Waals surface area (Å²) in [7, 11) is -3.55. The Bertz CT molecular complexity index is 631. The molecule has 0 bridgehead atoms. The third kappa shape index (κ3) is 2.49. The molecule has 0 amide bonds. The summed E-state index contributed by atoms with van der Waals surface area (Å²) >= 11 is 0. The van der Waals surface area contributed by atoms with Gasteiger partial charge in [0.15, 0.2) is 15.4 Å². The molecule has 0 spiro atoms. The Morgan fingerprint density at radius 2 is 2.10 bits per heavy atom. The molecular weight excluding hydrogens is 285 g/mol. The fourth-order valence-corrected chi connectivity index (χ4v) is 4.40. The number of aliphatic carboxylic acids is 1. The van der Waals surface area contributed by atoms with Crippen LogP contribution in [0.2, 0.25) is 0 Å². The van der Waals surface area contributed by atoms with Crippen LogP contribution in [-0.4, -0.2) is 36.5 Å². The number of halogens is 1. The molecule has 5 nitrogen and oxygen atoms in total. The molecule has 1 fully saturated rings. The summed E-state index contributed by atoms with van der Waals surface area (Å²) in [6, 6.07) is 5.64. The Labute approximate surface area is 116 Å². The maximum absolute atomic E-state index is 13.7. The number of para-hydroxylation sites is 1. The minimum Gasteiger partial charge on any atom is -0.479 e. The third-order valence-electron chi connectivity index (χ3n) is 3.72. The van der Waals surface area contributed by atoms with E-state index in [4.69, 9.17) is 0 Å². The quantitative estimate of drug-likeness (QED) is 0.883. The largest absolute Gasteiger partial charge is 0.479 e. The van der Waals surface area contributed by atoms with Crippen molar-refractivity contribution in [2.24, 2.45) is 0 Å². The van der Waals surface area contributed by atoms with Gasteiger partial charge in [-0.15, -0.1) is 0 Å². The van der Waals surface area contributed by atoms with Crippen molar-refractivity contribution in [3.05, 3.63) is 30.1 Å². The topological polar surface area (TPSA) is 83.5 Å². The second kappa shape index (κ2) is 5.05. The smallest absolute Gasteiger partial charge is 0.330 e. The van der Waals surface area contributed by atoms with E-state index in [-0.39, 0.29) is 18.5 Å². The number of hydrogen-bond acceptors (Lipinski definition) is 4. The van der Waals surface area contributed by atoms with Gasteiger partial charge in [0.05, 0.1) is 10.9 Å². The molecule has 0 aromatic heterocycles. The second-order valence-corrected chi connectivity index (χ2v) is 7.32. The van der Waals surface area contributed by atoms with E-state index < -0.39 is 32.4 Å². The first-order chi connectivity index (χ1) is 9.27. The Hall–Kier alpha value is -1.63. The summed E-state index contributed by atoms with van der Waals surface area (Å²) in [4.78, 5) is 11.6. The molecule has 0 saturated heterocycles. The number of rotatable bonds is 4. The molecule has 2 N–H and O–H groups in total. The van der Waals surface area contributed by atoms with E-state index in [1.54, 1.807) is 6.07 Å². The van der Waals surface area contributed by atoms with E-state index >= 15 is 0 Å². The zero-order valence-corrected chi connectivity index (χ0v) is 11.8. The van der Waals surface area contributed by atoms with E-state index in [2.05, 4.69) is 5.32 Å². The van der Waals surface area contributed by atoms with E-state index in [0.29, 0.717) is 6.42 Å². The van der Waals surface area contributed by atoms with Gasteiger partial charge in [0.2, 0.25) is 0 Å². The normalized spacial score (nSPS) is 26.4. The van der Waals surface area contributed by atoms with Crippen molar-refractivity contribution in [1.29, 1.82) is 0 Å². The summed E-state index contributed by atoms with van der Waals surface area (Å²) in [5, 5.41) is 11.1. The van der Waals surface area contributed by atoms with Gasteiger partial charge >= 0.3 is 5.97 Å². The highest BCUT2D eigenvalue weighted by Crippen LogP contribution is 2.38. The van der Waals surface area contributed by atoms with Gasteiger partial charge in [-0.2, -0.15) is 0 Å². The van der Waals surface area contributed by atoms with Crippen LogP contribution in [0.1, 0.15) is 19.3 Å². The highest BCUT2D eigenvalue weighted by Gasteiger charge is 2.54. The lowest BCUT2D eigenvalue weighted by atomic mass is 9.96. The molecule has 7 heteroatoms. The lowest BCUT2D eigenvalue weighted by Gasteiger charge is -2.32. The molecular formula is C13H16FNO4S. The van der Waals surface area contributed by atoms with Crippen LogP contribution >= 0.6 is 0 Å². The molecule has 20 heavy (non-hydrogen) atoms. The number of anilines is 1. The number of benzene rings is 1. The minimum atomic E-state index is -3.55. The van der Waals surface area contributed by atoms with Gasteiger partial charge in [-0.3, -0.25) is 0 Å². The van der Waals surface area contributed by atoms with Gasteiger partial charge < -0.3 is 10.4 Å². The Kier molecular flexibility index (Phi) is 3.73. The van der Waals surface area contributed by atoms with Gasteiger partial charge in [0.25, 0.3) is 0 Å². The van der Waals surface area contributed by atoms with Crippen LogP contribution in [0.25, 0.3) is 0 Å². The molecule has 2 rings (SSSR count). The van der Waals surface area contributed by atoms with Crippen molar-refractivity contribution in [3.8, 4) is 0 Å². The van der Waals surface area contributed by atoms with Crippen LogP contribution in [0, 0.1) is 5.82 Å². The molecule has 0 aliphatic heterocycles. The summed E-state index contributed by atoms with van der Waals surface area (Å²) in [6.45, 7) is 0. The molecule has 1 aromatic carbocycles. The molecule has 2 unspecified atom stereocenters. The first-order valence-corrected chi connectivity index (χ1v) is 8.18. The number of carboxylic acids is 1. The molecule has 1 saturated carbocycles. The molecule has 1 aromatic rings. The average molecular weight is 301 g/mol. The van der Waals surface area contributed by atoms with Crippen molar-refractivity contribution in [2.45, 2.75) is 30.1 Å². The predicted molar refractivity (Wildman–Crippen MR) is 72.9 cm³/mol. The van der Waals surface area contributed by atoms with E-state index in [0.717, 1.165) is 6.26 Å². The molecule has 1 aliphatic rings. The highest BCUT2D eigenvalue weighted by molar-refractivity contribution is 7.91. The van der Waals surface area contributed by atoms with Crippen LogP contribution in [0.5, 0.6) is 0 Å². The standard InChI is InChI=1S/C13H16FNO4S/c1-20(18,19)11-7-4-8-13(11,12(16)17)15-10-6-3-2-5-9(10)14/h2-3,5-6,11,15H,4,7-8H2,1H3,(H,16,17). The fourth-order valence-electron chi connectivity index (χ4n) is 2.80. The van der Waals surface area contributed by atoms with Crippen LogP contribution in [-0.2, 0) is 14.6 Å². The number of hydrogen-bond donors (Lipinski definition) is 2. The van der Waals surface area contributed by atoms with Gasteiger partial charge in [0, 0.05) is 6.26 Å². The van der Waals surface area contributed by atoms with Crippen molar-refractivity contribution < 1.29 is 22.7 Å². The highest BCUT2D eigenvalue weighted by atomic mass is 32.2. The predicted octanol–water partition coefficient (Wildman–Crippen LogP) is 1.66. The monoisotopic (exact) mass is 301 g/mol. The number of nitrogens with one attached hydrogen (secondary N) is 1. The van der Waals surface area contributed by atoms with E-state index in [9.17, 15) is 22.7 Å². The summed E-state index contributed by atoms with van der Waals surface area (Å²) < 4.78 is 37.4. The SMILES string of the molecule is CS(=O)(=O)C1CCCC1(Nc1ccccc1F)C(=O)O. The van der Waals surface area contributed by atoms with Crippen molar-refractivity contribution in [3.63, 3.8) is 0 Å². The molecule has 0 heterocycles. The minimum absolute atomic E-state index is 0.00505. The van der Waals surface area contributed by atoms with Gasteiger partial charge in [-0.25, -0.2) is 17.6 Å². The van der Waals surface area contributed by atoms with E-state index in [1.165, 1.54) is 18.2 Å². The third-order valence-corrected chi connectivity index (χ3v) is 5.39. The number of carboxylic acid groups (broad SMARTS) is 1. The number of carbonyl (C=O) groups is 1. The Morgan fingerprint density at radius 3 is 2.65 bits per heavy atom. The van der Waals surface area contributed by atoms with E-state index in [1.807, 2.05) is 0 Å². The number of sulfone groups is 1. The maximum Gasteiger partial charge on any atom is 0.330 e. The van der Waals surface area contributed by atoms with Crippen molar-refractivity contribution in [2.75, 3.05) is 11.6 Å². The molecule has 110 valence electrons. The van der Waals surface area contributed by atoms with Crippen LogP contribution in [0.15, 0.2) is 24.3 Å². The molecule has 1 aliphatic carbocycles. The van der Waals surface area contributed by atoms with Crippen LogP contribution in [0.3, 0.4) is 0 Å². The molecule has 0 radical (unpaired) electrons. The van der Waals surface area contributed by atoms with Crippen LogP contribution < -0.4 is 5.32 Å². The second-order valence-electron chi connectivity index (χ2n) is 5.09. The van der Waals surface area contributed by atoms with Crippen LogP contribution in [0.4, 0.5) is 10.1 Å². The van der Waals surface area contributed by atoms with Crippen molar-refractivity contribution >= 4 is 21.5 Å². The summed E-state index contributed by atoms with van der Waals surface area (Å²) in [5.41, 5.74) is -1.67. The average Bonchev–Trinajstić information content (AvgIpc) is 2.77. The van der Waals surface area contributed by atoms with Gasteiger partial charge in [0.1, 0.15) is 5.82 Å². The summed E-state index contributed by atoms with van der Waals surface area (Å²) in [6.07, 6.45) is 1.89. The van der Waals surface area contributed by atoms with Gasteiger partial charge in [-0.1, -0.05) is 12.1 Å². The maximum atomic E-state index is 13.7. The Morgan fingerprint density at radius 1 is 1.45 bits per heavy atom. The lowest BCUT2D eigenvalue weighted by Crippen LogP contribution is -2.55. The lowest BCUT2D eigenvalue weighted by molar-refractivity contribution is -0.142. The fraction of sp³-hybridized carbons (Fsp3) is 0.462. The molecule has 2 atom stereocenters. The van der Waals surface area contributed by atoms with Crippen molar-refractivity contribution in [1.82, 2.24) is 0 Å². The zero-order valence-electron chi connectivity index (χ0n) is 11.0. The van der Waals surface area contributed by atoms with Gasteiger partial charge in [-0.05, 0) is 31.4 Å². The first kappa shape index (κ1) is 14.8.